The molecule has 0 spiro atoms. The van der Waals surface area contributed by atoms with E-state index in [1.165, 1.54) is 56.9 Å². The van der Waals surface area contributed by atoms with Crippen LogP contribution in [0, 0.1) is 11.8 Å². The highest BCUT2D eigenvalue weighted by molar-refractivity contribution is 8.01. The van der Waals surface area contributed by atoms with Crippen molar-refractivity contribution < 1.29 is 8.78 Å². The molecule has 0 aromatic heterocycles. The van der Waals surface area contributed by atoms with E-state index in [9.17, 15) is 8.78 Å². The molecule has 0 heterocycles. The van der Waals surface area contributed by atoms with Crippen LogP contribution >= 0.6 is 11.8 Å². The Bertz CT molecular complexity index is 659. The van der Waals surface area contributed by atoms with Crippen molar-refractivity contribution in [1.29, 1.82) is 0 Å². The van der Waals surface area contributed by atoms with Crippen LogP contribution in [0.15, 0.2) is 48.6 Å². The summed E-state index contributed by atoms with van der Waals surface area (Å²) in [5.41, 5.74) is 2.34. The molecule has 1 fully saturated rings. The van der Waals surface area contributed by atoms with E-state index >= 15 is 0 Å². The third-order valence-corrected chi connectivity index (χ3v) is 8.11. The fourth-order valence-corrected chi connectivity index (χ4v) is 6.20. The van der Waals surface area contributed by atoms with Crippen LogP contribution in [0.4, 0.5) is 8.78 Å². The lowest BCUT2D eigenvalue weighted by atomic mass is 9.71. The Morgan fingerprint density at radius 2 is 1.72 bits per heavy atom. The van der Waals surface area contributed by atoms with Crippen molar-refractivity contribution in [3.63, 3.8) is 0 Å². The molecule has 0 nitrogen and oxygen atoms in total. The van der Waals surface area contributed by atoms with E-state index in [1.807, 2.05) is 18.2 Å². The summed E-state index contributed by atoms with van der Waals surface area (Å²) in [6.45, 7) is 2.26. The first-order valence-corrected chi connectivity index (χ1v) is 12.4. The summed E-state index contributed by atoms with van der Waals surface area (Å²) in [6.07, 6.45) is 19.8. The molecule has 0 bridgehead atoms. The maximum absolute atomic E-state index is 13.5. The van der Waals surface area contributed by atoms with Crippen molar-refractivity contribution in [2.24, 2.45) is 11.8 Å². The zero-order valence-corrected chi connectivity index (χ0v) is 18.6. The van der Waals surface area contributed by atoms with Gasteiger partial charge in [-0.15, -0.1) is 0 Å². The number of hydrogen-bond acceptors (Lipinski definition) is 1. The van der Waals surface area contributed by atoms with Crippen LogP contribution in [0.5, 0.6) is 0 Å². The summed E-state index contributed by atoms with van der Waals surface area (Å²) in [5.74, 6) is -1.14. The largest absolute Gasteiger partial charge is 0.285 e. The number of benzene rings is 1. The average Bonchev–Trinajstić information content (AvgIpc) is 2.75. The molecule has 0 radical (unpaired) electrons. The Labute approximate surface area is 180 Å². The Morgan fingerprint density at radius 3 is 2.34 bits per heavy atom. The van der Waals surface area contributed by atoms with Crippen molar-refractivity contribution in [3.8, 4) is 0 Å². The van der Waals surface area contributed by atoms with Gasteiger partial charge in [0.1, 0.15) is 0 Å². The minimum Gasteiger partial charge on any atom is -0.198 e. The van der Waals surface area contributed by atoms with Gasteiger partial charge in [0.05, 0.1) is 0 Å². The minimum atomic E-state index is -2.32. The maximum Gasteiger partial charge on any atom is 0.285 e. The average molecular weight is 419 g/mol. The highest BCUT2D eigenvalue weighted by Crippen LogP contribution is 2.50. The van der Waals surface area contributed by atoms with Crippen LogP contribution in [0.25, 0.3) is 5.57 Å². The molecule has 3 heteroatoms. The van der Waals surface area contributed by atoms with Crippen LogP contribution in [0.1, 0.15) is 83.1 Å². The van der Waals surface area contributed by atoms with Gasteiger partial charge in [-0.2, -0.15) is 8.78 Å². The zero-order chi connectivity index (χ0) is 20.5. The van der Waals surface area contributed by atoms with Crippen LogP contribution in [-0.4, -0.2) is 10.5 Å². The number of rotatable bonds is 10. The van der Waals surface area contributed by atoms with Gasteiger partial charge < -0.3 is 0 Å². The van der Waals surface area contributed by atoms with Crippen LogP contribution in [0.3, 0.4) is 0 Å². The zero-order valence-electron chi connectivity index (χ0n) is 17.8. The third-order valence-electron chi connectivity index (χ3n) is 6.86. The minimum absolute atomic E-state index is 0.364. The van der Waals surface area contributed by atoms with E-state index in [0.717, 1.165) is 42.5 Å². The molecule has 3 rings (SSSR count). The van der Waals surface area contributed by atoms with Crippen molar-refractivity contribution in [2.45, 2.75) is 88.1 Å². The van der Waals surface area contributed by atoms with Crippen LogP contribution < -0.4 is 0 Å². The molecule has 2 aliphatic carbocycles. The van der Waals surface area contributed by atoms with Gasteiger partial charge in [0.15, 0.2) is 0 Å². The number of allylic oxidation sites excluding steroid dienone is 3. The summed E-state index contributed by atoms with van der Waals surface area (Å²) in [6, 6.07) is 10.3. The molecular formula is C26H36F2S. The van der Waals surface area contributed by atoms with E-state index in [0.29, 0.717) is 5.92 Å². The fourth-order valence-electron chi connectivity index (χ4n) is 5.11. The summed E-state index contributed by atoms with van der Waals surface area (Å²) in [7, 11) is 0. The van der Waals surface area contributed by atoms with Gasteiger partial charge in [-0.1, -0.05) is 119 Å². The van der Waals surface area contributed by atoms with Crippen LogP contribution in [0.2, 0.25) is 0 Å². The molecule has 1 unspecified atom stereocenters. The van der Waals surface area contributed by atoms with Gasteiger partial charge in [-0.05, 0) is 42.2 Å². The van der Waals surface area contributed by atoms with Crippen LogP contribution in [-0.2, 0) is 0 Å². The van der Waals surface area contributed by atoms with E-state index in [2.05, 4.69) is 37.3 Å². The Hall–Kier alpha value is -1.09. The van der Waals surface area contributed by atoms with Gasteiger partial charge in [0.2, 0.25) is 0 Å². The summed E-state index contributed by atoms with van der Waals surface area (Å²) < 4.78 is 26.6. The topological polar surface area (TPSA) is 0 Å². The van der Waals surface area contributed by atoms with E-state index < -0.39 is 10.5 Å². The Balaban J connectivity index is 1.57. The second-order valence-electron chi connectivity index (χ2n) is 8.82. The van der Waals surface area contributed by atoms with E-state index in [-0.39, 0.29) is 0 Å². The predicted octanol–water partition coefficient (Wildman–Crippen LogP) is 8.89. The first-order valence-electron chi connectivity index (χ1n) is 11.5. The molecule has 29 heavy (non-hydrogen) atoms. The first-order chi connectivity index (χ1) is 14.1. The van der Waals surface area contributed by atoms with Crippen molar-refractivity contribution >= 4 is 17.3 Å². The summed E-state index contributed by atoms with van der Waals surface area (Å²) >= 11 is 0.890. The third kappa shape index (κ3) is 6.44. The molecule has 160 valence electrons. The monoisotopic (exact) mass is 418 g/mol. The number of alkyl halides is 2. The smallest absolute Gasteiger partial charge is 0.198 e. The van der Waals surface area contributed by atoms with Gasteiger partial charge >= 0.3 is 0 Å². The number of thioether (sulfide) groups is 1. The number of hydrogen-bond donors (Lipinski definition) is 0. The highest BCUT2D eigenvalue weighted by Gasteiger charge is 2.41. The summed E-state index contributed by atoms with van der Waals surface area (Å²) in [5, 5.41) is 0. The molecule has 1 atom stereocenters. The standard InChI is InChI=1S/C26H36F2S/c1-2-3-4-5-7-10-21-13-15-24(16-14-21)26(29-25(27)28)19-17-23(18-20-26)22-11-8-6-9-12-22/h6,8-9,11-12,17-19,21,24-25H,2-5,7,10,13-16,20H2,1H3. The maximum atomic E-state index is 13.5. The van der Waals surface area contributed by atoms with Crippen molar-refractivity contribution in [1.82, 2.24) is 0 Å². The quantitative estimate of drug-likeness (QED) is 0.342. The normalized spacial score (nSPS) is 27.2. The Morgan fingerprint density at radius 1 is 1.00 bits per heavy atom. The van der Waals surface area contributed by atoms with Crippen molar-refractivity contribution in [2.75, 3.05) is 0 Å². The molecule has 0 N–H and O–H groups in total. The molecule has 0 aliphatic heterocycles. The van der Waals surface area contributed by atoms with E-state index in [1.54, 1.807) is 0 Å². The molecule has 0 amide bonds. The number of unbranched alkanes of at least 4 members (excludes halogenated alkanes) is 4. The molecular weight excluding hydrogens is 382 g/mol. The molecule has 0 saturated heterocycles. The van der Waals surface area contributed by atoms with Gasteiger partial charge in [-0.3, -0.25) is 0 Å². The lowest BCUT2D eigenvalue weighted by molar-refractivity contribution is 0.220. The molecule has 2 aliphatic rings. The Kier molecular flexibility index (Phi) is 8.84. The highest BCUT2D eigenvalue weighted by atomic mass is 32.2. The van der Waals surface area contributed by atoms with Gasteiger partial charge in [0.25, 0.3) is 5.76 Å². The molecule has 1 aromatic rings. The van der Waals surface area contributed by atoms with Gasteiger partial charge in [-0.25, -0.2) is 0 Å². The summed E-state index contributed by atoms with van der Waals surface area (Å²) in [4.78, 5) is 0. The lowest BCUT2D eigenvalue weighted by Gasteiger charge is -2.42. The first kappa shape index (κ1) is 22.6. The lowest BCUT2D eigenvalue weighted by Crippen LogP contribution is -2.37. The SMILES string of the molecule is CCCCCCCC1CCC(C2(SC(F)F)C=CC(c3ccccc3)=CC2)CC1. The second-order valence-corrected chi connectivity index (χ2v) is 10.2. The van der Waals surface area contributed by atoms with Gasteiger partial charge in [0, 0.05) is 4.75 Å². The number of halogens is 2. The van der Waals surface area contributed by atoms with E-state index in [4.69, 9.17) is 0 Å². The molecule has 1 saturated carbocycles. The molecule has 1 aromatic carbocycles. The van der Waals surface area contributed by atoms with Crippen molar-refractivity contribution in [3.05, 3.63) is 54.1 Å². The predicted molar refractivity (Wildman–Crippen MR) is 123 cm³/mol. The fraction of sp³-hybridized carbons (Fsp3) is 0.615. The second kappa shape index (κ2) is 11.3.